The molecule has 0 bridgehead atoms. The number of carbonyl (C=O) groups is 2. The number of nitrogens with zero attached hydrogens (tertiary/aromatic N) is 3. The number of methoxy groups -OCH3 is 3. The van der Waals surface area contributed by atoms with Crippen molar-refractivity contribution in [2.75, 3.05) is 26.2 Å². The van der Waals surface area contributed by atoms with E-state index >= 15 is 0 Å². The van der Waals surface area contributed by atoms with Gasteiger partial charge in [0, 0.05) is 16.3 Å². The topological polar surface area (TPSA) is 111 Å². The highest BCUT2D eigenvalue weighted by molar-refractivity contribution is 8.00. The molecule has 1 fully saturated rings. The number of amides is 1. The third-order valence-corrected chi connectivity index (χ3v) is 8.88. The first kappa shape index (κ1) is 28.5. The number of hydrogen-bond acceptors (Lipinski definition) is 10. The number of aromatic nitrogens is 2. The van der Waals surface area contributed by atoms with Crippen LogP contribution in [0.3, 0.4) is 0 Å². The van der Waals surface area contributed by atoms with E-state index in [0.29, 0.717) is 43.5 Å². The molecule has 12 heteroatoms. The molecule has 1 aliphatic rings. The first-order valence-corrected chi connectivity index (χ1v) is 14.4. The molecule has 1 unspecified atom stereocenters. The van der Waals surface area contributed by atoms with Gasteiger partial charge in [0.2, 0.25) is 10.9 Å². The highest BCUT2D eigenvalue weighted by Crippen LogP contribution is 2.48. The van der Waals surface area contributed by atoms with E-state index in [9.17, 15) is 14.7 Å². The Morgan fingerprint density at radius 1 is 0.976 bits per heavy atom. The summed E-state index contributed by atoms with van der Waals surface area (Å²) in [7, 11) is 4.41. The largest absolute Gasteiger partial charge is 0.507 e. The summed E-state index contributed by atoms with van der Waals surface area (Å²) < 4.78 is 17.1. The molecule has 5 rings (SSSR count). The summed E-state index contributed by atoms with van der Waals surface area (Å²) in [6.07, 6.45) is 0. The van der Waals surface area contributed by atoms with Gasteiger partial charge < -0.3 is 19.3 Å². The van der Waals surface area contributed by atoms with Crippen LogP contribution >= 0.6 is 34.7 Å². The third-order valence-electron chi connectivity index (χ3n) is 6.41. The van der Waals surface area contributed by atoms with E-state index in [1.807, 2.05) is 24.3 Å². The van der Waals surface area contributed by atoms with Crippen LogP contribution in [0.2, 0.25) is 5.02 Å². The lowest BCUT2D eigenvalue weighted by Gasteiger charge is -2.24. The number of aliphatic hydroxyl groups is 1. The Morgan fingerprint density at radius 3 is 2.27 bits per heavy atom. The van der Waals surface area contributed by atoms with Crippen LogP contribution < -0.4 is 19.1 Å². The second-order valence-corrected chi connectivity index (χ2v) is 11.3. The quantitative estimate of drug-likeness (QED) is 0.0787. The normalized spacial score (nSPS) is 16.2. The van der Waals surface area contributed by atoms with Gasteiger partial charge in [-0.15, -0.1) is 10.2 Å². The molecule has 0 aliphatic carbocycles. The van der Waals surface area contributed by atoms with E-state index in [4.69, 9.17) is 25.8 Å². The predicted octanol–water partition coefficient (Wildman–Crippen LogP) is 6.14. The number of anilines is 1. The Bertz CT molecular complexity index is 1620. The van der Waals surface area contributed by atoms with Gasteiger partial charge in [-0.05, 0) is 29.3 Å². The molecule has 1 N–H and O–H groups in total. The maximum Gasteiger partial charge on any atom is 0.301 e. The predicted molar refractivity (Wildman–Crippen MR) is 158 cm³/mol. The molecule has 1 aromatic heterocycles. The van der Waals surface area contributed by atoms with Gasteiger partial charge in [0.1, 0.15) is 5.76 Å². The van der Waals surface area contributed by atoms with Gasteiger partial charge in [-0.1, -0.05) is 83.2 Å². The number of halogens is 1. The molecule has 0 radical (unpaired) electrons. The maximum atomic E-state index is 13.6. The van der Waals surface area contributed by atoms with Gasteiger partial charge in [0.25, 0.3) is 5.78 Å². The Balaban J connectivity index is 1.62. The number of ketones is 1. The molecule has 1 atom stereocenters. The SMILES string of the molecule is COc1cc(C2/C(=C(/O)c3ccccc3)C(=O)C(=O)N2c2nnc(SCc3ccccc3Cl)s2)cc(OC)c1OC. The number of benzene rings is 3. The fourth-order valence-electron chi connectivity index (χ4n) is 4.47. The van der Waals surface area contributed by atoms with E-state index in [0.717, 1.165) is 16.9 Å². The number of rotatable bonds is 9. The van der Waals surface area contributed by atoms with Crippen LogP contribution in [0.5, 0.6) is 17.2 Å². The summed E-state index contributed by atoms with van der Waals surface area (Å²) >= 11 is 8.86. The zero-order valence-corrected chi connectivity index (χ0v) is 24.5. The van der Waals surface area contributed by atoms with Crippen LogP contribution in [0, 0.1) is 0 Å². The van der Waals surface area contributed by atoms with E-state index in [1.54, 1.807) is 42.5 Å². The summed E-state index contributed by atoms with van der Waals surface area (Å²) in [4.78, 5) is 28.3. The lowest BCUT2D eigenvalue weighted by atomic mass is 9.95. The molecular formula is C29H24ClN3O6S2. The van der Waals surface area contributed by atoms with Crippen LogP contribution in [-0.2, 0) is 15.3 Å². The highest BCUT2D eigenvalue weighted by atomic mass is 35.5. The van der Waals surface area contributed by atoms with Gasteiger partial charge in [-0.3, -0.25) is 14.5 Å². The van der Waals surface area contributed by atoms with Gasteiger partial charge in [0.05, 0.1) is 32.9 Å². The highest BCUT2D eigenvalue weighted by Gasteiger charge is 2.49. The van der Waals surface area contributed by atoms with Crippen LogP contribution in [0.4, 0.5) is 5.13 Å². The lowest BCUT2D eigenvalue weighted by molar-refractivity contribution is -0.132. The second-order valence-electron chi connectivity index (χ2n) is 8.72. The molecule has 0 saturated carbocycles. The summed E-state index contributed by atoms with van der Waals surface area (Å²) in [6, 6.07) is 18.3. The molecule has 2 heterocycles. The maximum absolute atomic E-state index is 13.6. The van der Waals surface area contributed by atoms with E-state index in [1.165, 1.54) is 38.0 Å². The average molecular weight is 610 g/mol. The summed E-state index contributed by atoms with van der Waals surface area (Å²) in [5.74, 6) is -0.500. The number of thioether (sulfide) groups is 1. The van der Waals surface area contributed by atoms with Crippen molar-refractivity contribution in [1.82, 2.24) is 10.2 Å². The third kappa shape index (κ3) is 5.48. The molecule has 1 saturated heterocycles. The monoisotopic (exact) mass is 609 g/mol. The Morgan fingerprint density at radius 2 is 1.63 bits per heavy atom. The molecule has 1 aliphatic heterocycles. The van der Waals surface area contributed by atoms with Crippen molar-refractivity contribution >= 4 is 57.3 Å². The number of carbonyl (C=O) groups excluding carboxylic acids is 2. The smallest absolute Gasteiger partial charge is 0.301 e. The van der Waals surface area contributed by atoms with Gasteiger partial charge in [-0.2, -0.15) is 0 Å². The number of ether oxygens (including phenoxy) is 3. The fourth-order valence-corrected chi connectivity index (χ4v) is 6.62. The van der Waals surface area contributed by atoms with Crippen molar-refractivity contribution in [3.05, 3.63) is 94.0 Å². The molecule has 210 valence electrons. The van der Waals surface area contributed by atoms with E-state index in [-0.39, 0.29) is 16.5 Å². The lowest BCUT2D eigenvalue weighted by Crippen LogP contribution is -2.29. The van der Waals surface area contributed by atoms with Crippen molar-refractivity contribution in [3.8, 4) is 17.2 Å². The Hall–Kier alpha value is -4.06. The van der Waals surface area contributed by atoms with Crippen molar-refractivity contribution in [3.63, 3.8) is 0 Å². The average Bonchev–Trinajstić information content (AvgIpc) is 3.57. The fraction of sp³-hybridized carbons (Fsp3) is 0.172. The number of Topliss-reactive ketones (excluding diaryl/α,β-unsaturated/α-hetero) is 1. The van der Waals surface area contributed by atoms with Crippen LogP contribution in [0.1, 0.15) is 22.7 Å². The zero-order valence-electron chi connectivity index (χ0n) is 22.2. The number of aliphatic hydroxyl groups excluding tert-OH is 1. The summed E-state index contributed by atoms with van der Waals surface area (Å²) in [5, 5.41) is 20.7. The van der Waals surface area contributed by atoms with Gasteiger partial charge >= 0.3 is 5.91 Å². The van der Waals surface area contributed by atoms with Crippen LogP contribution in [-0.4, -0.2) is 48.3 Å². The first-order valence-electron chi connectivity index (χ1n) is 12.2. The first-order chi connectivity index (χ1) is 19.9. The van der Waals surface area contributed by atoms with Crippen molar-refractivity contribution in [2.24, 2.45) is 0 Å². The van der Waals surface area contributed by atoms with Crippen LogP contribution in [0.25, 0.3) is 5.76 Å². The zero-order chi connectivity index (χ0) is 29.1. The standard InChI is InChI=1S/C29H24ClN3O6S2/c1-37-20-13-18(14-21(38-2)26(20)39-3)23-22(24(34)16-9-5-4-6-10-16)25(35)27(36)33(23)28-31-32-29(41-28)40-15-17-11-7-8-12-19(17)30/h4-14,23,34H,15H2,1-3H3/b24-22-. The minimum atomic E-state index is -1.06. The van der Waals surface area contributed by atoms with Crippen molar-refractivity contribution < 1.29 is 28.9 Å². The minimum absolute atomic E-state index is 0.101. The number of hydrogen-bond donors (Lipinski definition) is 1. The summed E-state index contributed by atoms with van der Waals surface area (Å²) in [6.45, 7) is 0. The van der Waals surface area contributed by atoms with Crippen LogP contribution in [0.15, 0.2) is 76.6 Å². The molecule has 9 nitrogen and oxygen atoms in total. The Labute approximate surface area is 249 Å². The molecule has 0 spiro atoms. The summed E-state index contributed by atoms with van der Waals surface area (Å²) in [5.41, 5.74) is 1.65. The molecular weight excluding hydrogens is 586 g/mol. The van der Waals surface area contributed by atoms with Crippen molar-refractivity contribution in [1.29, 1.82) is 0 Å². The molecule has 1 amide bonds. The van der Waals surface area contributed by atoms with Gasteiger partial charge in [0.15, 0.2) is 15.8 Å². The molecule has 41 heavy (non-hydrogen) atoms. The van der Waals surface area contributed by atoms with Crippen molar-refractivity contribution in [2.45, 2.75) is 16.1 Å². The molecule has 3 aromatic carbocycles. The minimum Gasteiger partial charge on any atom is -0.507 e. The Kier molecular flexibility index (Phi) is 8.48. The van der Waals surface area contributed by atoms with E-state index in [2.05, 4.69) is 10.2 Å². The molecule has 4 aromatic rings. The van der Waals surface area contributed by atoms with E-state index < -0.39 is 17.7 Å². The second kappa shape index (κ2) is 12.2. The van der Waals surface area contributed by atoms with Gasteiger partial charge in [-0.25, -0.2) is 0 Å².